The molecule has 1 aromatic rings. The molecular formula is C10H14N2O3S. The summed E-state index contributed by atoms with van der Waals surface area (Å²) in [6.07, 6.45) is 1.68. The lowest BCUT2D eigenvalue weighted by atomic mass is 9.95. The average Bonchev–Trinajstić information content (AvgIpc) is 2.81. The van der Waals surface area contributed by atoms with Gasteiger partial charge in [-0.05, 0) is 6.42 Å². The Balaban J connectivity index is 2.14. The van der Waals surface area contributed by atoms with E-state index in [1.165, 1.54) is 4.90 Å². The highest BCUT2D eigenvalue weighted by molar-refractivity contribution is 7.09. The fraction of sp³-hybridized carbons (Fsp3) is 0.600. The van der Waals surface area contributed by atoms with Gasteiger partial charge in [0.05, 0.1) is 17.0 Å². The van der Waals surface area contributed by atoms with Crippen LogP contribution in [0.2, 0.25) is 0 Å². The number of rotatable bonds is 2. The molecule has 2 rings (SSSR count). The Morgan fingerprint density at radius 3 is 3.12 bits per heavy atom. The summed E-state index contributed by atoms with van der Waals surface area (Å²) < 4.78 is 5.40. The zero-order valence-electron chi connectivity index (χ0n) is 9.00. The summed E-state index contributed by atoms with van der Waals surface area (Å²) in [6.45, 7) is 1.01. The molecule has 0 saturated carbocycles. The fourth-order valence-electron chi connectivity index (χ4n) is 2.04. The SMILES string of the molecule is COC1CCN(C(=O)O)CC1c1nccs1. The maximum Gasteiger partial charge on any atom is 0.407 e. The van der Waals surface area contributed by atoms with Gasteiger partial charge in [0, 0.05) is 31.8 Å². The maximum atomic E-state index is 10.9. The first-order valence-electron chi connectivity index (χ1n) is 5.12. The largest absolute Gasteiger partial charge is 0.465 e. The maximum absolute atomic E-state index is 10.9. The smallest absolute Gasteiger partial charge is 0.407 e. The highest BCUT2D eigenvalue weighted by atomic mass is 32.1. The number of hydrogen-bond donors (Lipinski definition) is 1. The average molecular weight is 242 g/mol. The predicted molar refractivity (Wildman–Crippen MR) is 59.9 cm³/mol. The quantitative estimate of drug-likeness (QED) is 0.856. The van der Waals surface area contributed by atoms with Crippen LogP contribution in [-0.2, 0) is 4.74 Å². The van der Waals surface area contributed by atoms with Crippen LogP contribution >= 0.6 is 11.3 Å². The van der Waals surface area contributed by atoms with Gasteiger partial charge in [-0.2, -0.15) is 0 Å². The van der Waals surface area contributed by atoms with Gasteiger partial charge in [0.25, 0.3) is 0 Å². The van der Waals surface area contributed by atoms with Crippen molar-refractivity contribution >= 4 is 17.4 Å². The molecular weight excluding hydrogens is 228 g/mol. The van der Waals surface area contributed by atoms with Crippen molar-refractivity contribution in [2.75, 3.05) is 20.2 Å². The van der Waals surface area contributed by atoms with Crippen molar-refractivity contribution < 1.29 is 14.6 Å². The number of piperidine rings is 1. The van der Waals surface area contributed by atoms with Crippen LogP contribution in [0.15, 0.2) is 11.6 Å². The summed E-state index contributed by atoms with van der Waals surface area (Å²) in [5, 5.41) is 11.8. The van der Waals surface area contributed by atoms with E-state index in [9.17, 15) is 4.79 Å². The lowest BCUT2D eigenvalue weighted by molar-refractivity contribution is 0.0245. The van der Waals surface area contributed by atoms with Crippen molar-refractivity contribution in [3.8, 4) is 0 Å². The van der Waals surface area contributed by atoms with Gasteiger partial charge in [0.2, 0.25) is 0 Å². The summed E-state index contributed by atoms with van der Waals surface area (Å²) in [6, 6.07) is 0. The second-order valence-corrected chi connectivity index (χ2v) is 4.69. The van der Waals surface area contributed by atoms with Gasteiger partial charge in [-0.25, -0.2) is 9.78 Å². The number of hydrogen-bond acceptors (Lipinski definition) is 4. The molecule has 0 radical (unpaired) electrons. The lowest BCUT2D eigenvalue weighted by Crippen LogP contribution is -2.44. The number of carboxylic acid groups (broad SMARTS) is 1. The van der Waals surface area contributed by atoms with Gasteiger partial charge < -0.3 is 14.7 Å². The minimum atomic E-state index is -0.865. The van der Waals surface area contributed by atoms with Gasteiger partial charge in [-0.3, -0.25) is 0 Å². The summed E-state index contributed by atoms with van der Waals surface area (Å²) in [5.41, 5.74) is 0. The fourth-order valence-corrected chi connectivity index (χ4v) is 2.83. The summed E-state index contributed by atoms with van der Waals surface area (Å²) >= 11 is 1.55. The molecule has 0 spiro atoms. The molecule has 1 aliphatic heterocycles. The van der Waals surface area contributed by atoms with Crippen molar-refractivity contribution in [1.82, 2.24) is 9.88 Å². The summed E-state index contributed by atoms with van der Waals surface area (Å²) in [7, 11) is 1.67. The molecule has 1 amide bonds. The Hall–Kier alpha value is -1.14. The minimum Gasteiger partial charge on any atom is -0.465 e. The molecule has 0 aromatic carbocycles. The Kier molecular flexibility index (Phi) is 3.40. The topological polar surface area (TPSA) is 62.7 Å². The second kappa shape index (κ2) is 4.80. The Bertz CT molecular complexity index is 355. The van der Waals surface area contributed by atoms with E-state index in [0.717, 1.165) is 11.4 Å². The number of carbonyl (C=O) groups is 1. The van der Waals surface area contributed by atoms with Crippen LogP contribution < -0.4 is 0 Å². The monoisotopic (exact) mass is 242 g/mol. The highest BCUT2D eigenvalue weighted by Gasteiger charge is 2.33. The van der Waals surface area contributed by atoms with Crippen molar-refractivity contribution in [3.05, 3.63) is 16.6 Å². The first-order chi connectivity index (χ1) is 7.72. The molecule has 0 aliphatic carbocycles. The molecule has 1 aliphatic rings. The van der Waals surface area contributed by atoms with Crippen LogP contribution in [0.5, 0.6) is 0 Å². The van der Waals surface area contributed by atoms with Crippen molar-refractivity contribution in [2.45, 2.75) is 18.4 Å². The van der Waals surface area contributed by atoms with Gasteiger partial charge in [-0.1, -0.05) is 0 Å². The molecule has 0 bridgehead atoms. The number of methoxy groups -OCH3 is 1. The third kappa shape index (κ3) is 2.17. The van der Waals surface area contributed by atoms with E-state index < -0.39 is 6.09 Å². The van der Waals surface area contributed by atoms with E-state index in [2.05, 4.69) is 4.98 Å². The number of aromatic nitrogens is 1. The van der Waals surface area contributed by atoms with Crippen LogP contribution in [0.3, 0.4) is 0 Å². The molecule has 2 atom stereocenters. The molecule has 1 saturated heterocycles. The minimum absolute atomic E-state index is 0.0647. The standard InChI is InChI=1S/C10H14N2O3S/c1-15-8-2-4-12(10(13)14)6-7(8)9-11-3-5-16-9/h3,5,7-8H,2,4,6H2,1H3,(H,13,14). The molecule has 2 heterocycles. The van der Waals surface area contributed by atoms with Crippen molar-refractivity contribution in [1.29, 1.82) is 0 Å². The number of nitrogens with zero attached hydrogens (tertiary/aromatic N) is 2. The third-order valence-electron chi connectivity index (χ3n) is 2.89. The van der Waals surface area contributed by atoms with Crippen LogP contribution in [0.25, 0.3) is 0 Å². The van der Waals surface area contributed by atoms with Crippen LogP contribution in [0.4, 0.5) is 4.79 Å². The summed E-state index contributed by atoms with van der Waals surface area (Å²) in [5.74, 6) is 0.0647. The van der Waals surface area contributed by atoms with E-state index in [0.29, 0.717) is 13.1 Å². The molecule has 1 fully saturated rings. The number of likely N-dealkylation sites (tertiary alicyclic amines) is 1. The van der Waals surface area contributed by atoms with E-state index in [-0.39, 0.29) is 12.0 Å². The zero-order chi connectivity index (χ0) is 11.5. The van der Waals surface area contributed by atoms with Gasteiger partial charge in [-0.15, -0.1) is 11.3 Å². The van der Waals surface area contributed by atoms with E-state index in [1.807, 2.05) is 5.38 Å². The first-order valence-corrected chi connectivity index (χ1v) is 6.00. The van der Waals surface area contributed by atoms with Gasteiger partial charge >= 0.3 is 6.09 Å². The van der Waals surface area contributed by atoms with Gasteiger partial charge in [0.15, 0.2) is 0 Å². The Labute approximate surface area is 97.7 Å². The van der Waals surface area contributed by atoms with E-state index in [4.69, 9.17) is 9.84 Å². The van der Waals surface area contributed by atoms with E-state index in [1.54, 1.807) is 24.6 Å². The highest BCUT2D eigenvalue weighted by Crippen LogP contribution is 2.30. The normalized spacial score (nSPS) is 25.7. The lowest BCUT2D eigenvalue weighted by Gasteiger charge is -2.35. The third-order valence-corrected chi connectivity index (χ3v) is 3.80. The molecule has 1 N–H and O–H groups in total. The Morgan fingerprint density at radius 1 is 1.75 bits per heavy atom. The van der Waals surface area contributed by atoms with Crippen LogP contribution in [0.1, 0.15) is 17.3 Å². The van der Waals surface area contributed by atoms with Crippen LogP contribution in [0, 0.1) is 0 Å². The molecule has 88 valence electrons. The number of ether oxygens (including phenoxy) is 1. The molecule has 1 aromatic heterocycles. The number of amides is 1. The Morgan fingerprint density at radius 2 is 2.56 bits per heavy atom. The second-order valence-electron chi connectivity index (χ2n) is 3.77. The first kappa shape index (κ1) is 11.3. The van der Waals surface area contributed by atoms with Gasteiger partial charge in [0.1, 0.15) is 0 Å². The van der Waals surface area contributed by atoms with E-state index >= 15 is 0 Å². The van der Waals surface area contributed by atoms with Crippen molar-refractivity contribution in [2.24, 2.45) is 0 Å². The molecule has 6 heteroatoms. The number of thiazole rings is 1. The van der Waals surface area contributed by atoms with Crippen LogP contribution in [-0.4, -0.2) is 47.4 Å². The molecule has 16 heavy (non-hydrogen) atoms. The zero-order valence-corrected chi connectivity index (χ0v) is 9.81. The predicted octanol–water partition coefficient (Wildman–Crippen LogP) is 1.63. The molecule has 2 unspecified atom stereocenters. The molecule has 5 nitrogen and oxygen atoms in total. The summed E-state index contributed by atoms with van der Waals surface area (Å²) in [4.78, 5) is 16.6. The van der Waals surface area contributed by atoms with Crippen molar-refractivity contribution in [3.63, 3.8) is 0 Å².